The number of aromatic nitrogens is 1. The predicted molar refractivity (Wildman–Crippen MR) is 105 cm³/mol. The molecule has 0 bridgehead atoms. The van der Waals surface area contributed by atoms with E-state index in [1.54, 1.807) is 0 Å². The van der Waals surface area contributed by atoms with Crippen LogP contribution in [0.15, 0.2) is 16.7 Å². The van der Waals surface area contributed by atoms with Gasteiger partial charge in [0, 0.05) is 23.6 Å². The van der Waals surface area contributed by atoms with Crippen molar-refractivity contribution in [2.24, 2.45) is 0 Å². The van der Waals surface area contributed by atoms with Crippen LogP contribution in [-0.2, 0) is 34.0 Å². The first-order valence-corrected chi connectivity index (χ1v) is 11.8. The summed E-state index contributed by atoms with van der Waals surface area (Å²) in [6, 6.07) is -1.26. The minimum Gasteiger partial charge on any atom is -0.543 e. The summed E-state index contributed by atoms with van der Waals surface area (Å²) >= 11 is 1.92. The third kappa shape index (κ3) is 5.27. The number of nitrogens with one attached hydrogen (secondary N) is 1. The summed E-state index contributed by atoms with van der Waals surface area (Å²) in [5, 5.41) is 11.9. The molecule has 0 aromatic carbocycles. The van der Waals surface area contributed by atoms with Crippen molar-refractivity contribution in [2.45, 2.75) is 23.6 Å². The number of nitrogen functional groups attached to an aromatic ring is 1. The van der Waals surface area contributed by atoms with E-state index in [-0.39, 0.29) is 58.3 Å². The number of hydrogen-bond donors (Lipinski definition) is 3. The average Bonchev–Trinajstić information content (AvgIpc) is 3.07. The van der Waals surface area contributed by atoms with E-state index in [0.717, 1.165) is 34.9 Å². The monoisotopic (exact) mass is 514 g/mol. The normalized spacial score (nSPS) is 21.1. The van der Waals surface area contributed by atoms with Gasteiger partial charge >= 0.3 is 35.5 Å². The van der Waals surface area contributed by atoms with Gasteiger partial charge < -0.3 is 25.7 Å². The van der Waals surface area contributed by atoms with Crippen molar-refractivity contribution in [2.75, 3.05) is 18.1 Å². The van der Waals surface area contributed by atoms with Crippen LogP contribution in [0.4, 0.5) is 5.13 Å². The van der Waals surface area contributed by atoms with Crippen LogP contribution in [0.2, 0.25) is 0 Å². The number of esters is 1. The van der Waals surface area contributed by atoms with E-state index >= 15 is 0 Å². The summed E-state index contributed by atoms with van der Waals surface area (Å²) in [5.74, 6) is -4.31. The van der Waals surface area contributed by atoms with Gasteiger partial charge in [0.25, 0.3) is 16.0 Å². The van der Waals surface area contributed by atoms with Crippen LogP contribution < -0.4 is 45.7 Å². The molecular weight excluding hydrogens is 499 g/mol. The zero-order valence-electron chi connectivity index (χ0n) is 16.6. The number of β-lactam (4-membered cyclic amide) rings is 1. The quantitative estimate of drug-likeness (QED) is 0.135. The Labute approximate surface area is 211 Å². The molecule has 3 heterocycles. The number of anilines is 1. The minimum absolute atomic E-state index is 0. The molecule has 0 spiro atoms. The Bertz CT molecular complexity index is 1100. The van der Waals surface area contributed by atoms with E-state index < -0.39 is 56.2 Å². The molecule has 3 rings (SSSR count). The second-order valence-electron chi connectivity index (χ2n) is 6.42. The van der Waals surface area contributed by atoms with Crippen LogP contribution in [0.5, 0.6) is 0 Å². The molecule has 1 saturated heterocycles. The third-order valence-electron chi connectivity index (χ3n) is 4.33. The molecule has 2 amide bonds. The molecule has 2 aliphatic heterocycles. The Hall–Kier alpha value is -1.69. The van der Waals surface area contributed by atoms with Gasteiger partial charge in [0.1, 0.15) is 18.0 Å². The minimum atomic E-state index is -4.95. The van der Waals surface area contributed by atoms with Crippen LogP contribution >= 0.6 is 23.1 Å². The predicted octanol–water partition coefficient (Wildman–Crippen LogP) is -5.37. The fraction of sp³-hybridized carbons (Fsp3) is 0.400. The zero-order valence-corrected chi connectivity index (χ0v) is 21.1. The number of aliphatic carboxylic acids is 1. The summed E-state index contributed by atoms with van der Waals surface area (Å²) in [6.07, 6.45) is 0. The van der Waals surface area contributed by atoms with Gasteiger partial charge in [0.05, 0.1) is 17.4 Å². The van der Waals surface area contributed by atoms with Gasteiger partial charge in [-0.15, -0.1) is 23.1 Å². The molecule has 1 fully saturated rings. The van der Waals surface area contributed by atoms with Crippen molar-refractivity contribution in [3.63, 3.8) is 0 Å². The van der Waals surface area contributed by atoms with E-state index in [2.05, 4.69) is 10.3 Å². The molecule has 168 valence electrons. The number of carbonyl (C=O) groups excluding carboxylic acids is 4. The number of carboxylic acid groups (broad SMARTS) is 1. The van der Waals surface area contributed by atoms with Gasteiger partial charge in [-0.1, -0.05) is 0 Å². The van der Waals surface area contributed by atoms with Crippen molar-refractivity contribution >= 4 is 62.1 Å². The number of carboxylic acids is 1. The van der Waals surface area contributed by atoms with Crippen molar-refractivity contribution in [3.05, 3.63) is 22.3 Å². The van der Waals surface area contributed by atoms with E-state index in [9.17, 15) is 37.3 Å². The Balaban J connectivity index is 0.00000363. The fourth-order valence-corrected chi connectivity index (χ4v) is 5.81. The molecule has 1 aromatic heterocycles. The number of nitrogens with zero attached hydrogens (tertiary/aromatic N) is 2. The van der Waals surface area contributed by atoms with Crippen LogP contribution in [0.3, 0.4) is 0 Å². The Kier molecular flexibility index (Phi) is 8.35. The number of thiazole rings is 1. The summed E-state index contributed by atoms with van der Waals surface area (Å²) in [7, 11) is -4.95. The molecule has 0 aliphatic carbocycles. The summed E-state index contributed by atoms with van der Waals surface area (Å²) < 4.78 is 37.7. The van der Waals surface area contributed by atoms with Crippen molar-refractivity contribution in [1.82, 2.24) is 15.2 Å². The standard InChI is InChI=1S/C15H16N4O9S3.Na/c1-5(20)28-2-6-3-29-13-8(12(22)19(13)9(6)14(23)24)18-11(21)10(31(25,26)27)7-4-30-15(16)17-7;/h4,8,10,13H,2-3H2,1H3,(H2,16,17)(H,18,21)(H,23,24)(H,25,26,27);/q;+1/p-1. The molecule has 2 aliphatic rings. The number of rotatable bonds is 7. The number of nitrogens with two attached hydrogens (primary N) is 1. The second-order valence-corrected chi connectivity index (χ2v) is 9.92. The van der Waals surface area contributed by atoms with Crippen molar-refractivity contribution < 1.29 is 71.5 Å². The summed E-state index contributed by atoms with van der Waals surface area (Å²) in [6.45, 7) is 0.787. The molecule has 3 unspecified atom stereocenters. The molecule has 0 radical (unpaired) electrons. The van der Waals surface area contributed by atoms with Gasteiger partial charge in [0.2, 0.25) is 11.2 Å². The van der Waals surface area contributed by atoms with Gasteiger partial charge in [0.15, 0.2) is 5.13 Å². The Morgan fingerprint density at radius 2 is 2.12 bits per heavy atom. The van der Waals surface area contributed by atoms with E-state index in [1.807, 2.05) is 0 Å². The van der Waals surface area contributed by atoms with Gasteiger partial charge in [-0.2, -0.15) is 8.42 Å². The molecular formula is C15H15N4NaO9S3. The number of hydrogen-bond acceptors (Lipinski definition) is 12. The molecule has 3 atom stereocenters. The molecule has 32 heavy (non-hydrogen) atoms. The maximum absolute atomic E-state index is 12.6. The maximum atomic E-state index is 12.6. The second kappa shape index (κ2) is 10.1. The van der Waals surface area contributed by atoms with Gasteiger partial charge in [-0.05, 0) is 0 Å². The average molecular weight is 514 g/mol. The Morgan fingerprint density at radius 1 is 1.47 bits per heavy atom. The Morgan fingerprint density at radius 3 is 2.62 bits per heavy atom. The first-order chi connectivity index (χ1) is 14.4. The number of thioether (sulfide) groups is 1. The number of amides is 2. The largest absolute Gasteiger partial charge is 1.00 e. The smallest absolute Gasteiger partial charge is 0.543 e. The number of fused-ring (bicyclic) bond motifs is 1. The van der Waals surface area contributed by atoms with E-state index in [0.29, 0.717) is 0 Å². The first-order valence-electron chi connectivity index (χ1n) is 8.40. The first kappa shape index (κ1) is 26.6. The van der Waals surface area contributed by atoms with Crippen LogP contribution in [0, 0.1) is 0 Å². The summed E-state index contributed by atoms with van der Waals surface area (Å²) in [5.41, 5.74) is 4.80. The fourth-order valence-electron chi connectivity index (χ4n) is 3.04. The van der Waals surface area contributed by atoms with Crippen molar-refractivity contribution in [3.8, 4) is 0 Å². The molecule has 13 nitrogen and oxygen atoms in total. The van der Waals surface area contributed by atoms with Crippen LogP contribution in [0.1, 0.15) is 17.9 Å². The van der Waals surface area contributed by atoms with Crippen molar-refractivity contribution in [1.29, 1.82) is 0 Å². The molecule has 1 aromatic rings. The van der Waals surface area contributed by atoms with Crippen LogP contribution in [-0.4, -0.2) is 70.4 Å². The molecule has 4 N–H and O–H groups in total. The number of ether oxygens (including phenoxy) is 1. The SMILES string of the molecule is CC(=O)OCC1=C(C(=O)[O-])N2C(=O)C(NC(=O)C(c3csc(N)n3)S(=O)(=O)O)C2SC1.[Na+]. The zero-order chi connectivity index (χ0) is 23.1. The molecule has 17 heteroatoms. The molecule has 0 saturated carbocycles. The summed E-state index contributed by atoms with van der Waals surface area (Å²) in [4.78, 5) is 52.3. The van der Waals surface area contributed by atoms with Gasteiger partial charge in [-0.25, -0.2) is 4.98 Å². The van der Waals surface area contributed by atoms with E-state index in [4.69, 9.17) is 10.5 Å². The van der Waals surface area contributed by atoms with E-state index in [1.165, 1.54) is 5.38 Å². The third-order valence-corrected chi connectivity index (χ3v) is 7.42. The van der Waals surface area contributed by atoms with Gasteiger partial charge in [-0.3, -0.25) is 23.8 Å². The number of carbonyl (C=O) groups is 4. The van der Waals surface area contributed by atoms with Crippen LogP contribution in [0.25, 0.3) is 0 Å². The maximum Gasteiger partial charge on any atom is 1.00 e. The topological polar surface area (TPSA) is 209 Å².